The van der Waals surface area contributed by atoms with Crippen molar-refractivity contribution in [2.75, 3.05) is 0 Å². The summed E-state index contributed by atoms with van der Waals surface area (Å²) in [6.45, 7) is 6.68. The number of hydrogen-bond acceptors (Lipinski definition) is 2. The molecule has 0 radical (unpaired) electrons. The van der Waals surface area contributed by atoms with Crippen LogP contribution in [0.5, 0.6) is 0 Å². The first kappa shape index (κ1) is 14.0. The Bertz CT molecular complexity index is 531. The van der Waals surface area contributed by atoms with Crippen LogP contribution in [0.3, 0.4) is 0 Å². The fourth-order valence-corrected chi connectivity index (χ4v) is 2.27. The summed E-state index contributed by atoms with van der Waals surface area (Å²) in [5, 5.41) is 7.73. The Morgan fingerprint density at radius 3 is 2.74 bits per heavy atom. The molecule has 1 aromatic heterocycles. The second-order valence-electron chi connectivity index (χ2n) is 4.40. The van der Waals surface area contributed by atoms with Crippen molar-refractivity contribution in [3.63, 3.8) is 0 Å². The molecule has 0 fully saturated rings. The minimum atomic E-state index is 0.361. The molecule has 0 saturated carbocycles. The number of nitrogens with one attached hydrogen (secondary N) is 1. The molecule has 0 amide bonds. The van der Waals surface area contributed by atoms with E-state index in [1.807, 2.05) is 12.4 Å². The molecule has 1 atom stereocenters. The van der Waals surface area contributed by atoms with E-state index in [1.54, 1.807) is 10.9 Å². The quantitative estimate of drug-likeness (QED) is 0.872. The Kier molecular flexibility index (Phi) is 4.93. The first-order valence-corrected chi connectivity index (χ1v) is 7.16. The van der Waals surface area contributed by atoms with Crippen LogP contribution in [-0.2, 0) is 6.54 Å². The lowest BCUT2D eigenvalue weighted by Gasteiger charge is -2.17. The standard InChI is InChI=1S/C15H18BrN3/c1-3-15(13-5-7-14(16)8-6-13)17-9-12-10-18-19(4-2)11-12/h4-8,10-11,15,17H,2-3,9H2,1H3. The van der Waals surface area contributed by atoms with E-state index in [-0.39, 0.29) is 0 Å². The smallest absolute Gasteiger partial charge is 0.0538 e. The third kappa shape index (κ3) is 3.78. The molecule has 0 aliphatic heterocycles. The summed E-state index contributed by atoms with van der Waals surface area (Å²) in [7, 11) is 0. The molecule has 1 heterocycles. The van der Waals surface area contributed by atoms with E-state index >= 15 is 0 Å². The minimum Gasteiger partial charge on any atom is -0.306 e. The normalized spacial score (nSPS) is 12.3. The van der Waals surface area contributed by atoms with Gasteiger partial charge in [0.15, 0.2) is 0 Å². The first-order valence-electron chi connectivity index (χ1n) is 6.37. The second kappa shape index (κ2) is 6.68. The number of hydrogen-bond donors (Lipinski definition) is 1. The summed E-state index contributed by atoms with van der Waals surface area (Å²) < 4.78 is 2.83. The monoisotopic (exact) mass is 319 g/mol. The van der Waals surface area contributed by atoms with E-state index < -0.39 is 0 Å². The zero-order valence-electron chi connectivity index (χ0n) is 11.0. The fourth-order valence-electron chi connectivity index (χ4n) is 2.00. The molecule has 0 saturated heterocycles. The molecule has 100 valence electrons. The zero-order valence-corrected chi connectivity index (χ0v) is 12.6. The largest absolute Gasteiger partial charge is 0.306 e. The predicted molar refractivity (Wildman–Crippen MR) is 82.6 cm³/mol. The molecular weight excluding hydrogens is 302 g/mol. The lowest BCUT2D eigenvalue weighted by Crippen LogP contribution is -2.19. The van der Waals surface area contributed by atoms with Gasteiger partial charge in [0, 0.05) is 35.0 Å². The maximum atomic E-state index is 4.18. The third-order valence-electron chi connectivity index (χ3n) is 3.08. The van der Waals surface area contributed by atoms with E-state index in [2.05, 4.69) is 64.1 Å². The van der Waals surface area contributed by atoms with Crippen molar-refractivity contribution >= 4 is 22.1 Å². The van der Waals surface area contributed by atoms with Gasteiger partial charge in [0.1, 0.15) is 0 Å². The van der Waals surface area contributed by atoms with Gasteiger partial charge < -0.3 is 5.32 Å². The van der Waals surface area contributed by atoms with Crippen LogP contribution in [0.1, 0.15) is 30.5 Å². The maximum Gasteiger partial charge on any atom is 0.0538 e. The van der Waals surface area contributed by atoms with Gasteiger partial charge in [-0.1, -0.05) is 41.6 Å². The van der Waals surface area contributed by atoms with Crippen molar-refractivity contribution in [2.24, 2.45) is 0 Å². The zero-order chi connectivity index (χ0) is 13.7. The van der Waals surface area contributed by atoms with Crippen LogP contribution in [0.15, 0.2) is 47.7 Å². The SMILES string of the molecule is C=Cn1cc(CNC(CC)c2ccc(Br)cc2)cn1. The van der Waals surface area contributed by atoms with Crippen molar-refractivity contribution in [3.8, 4) is 0 Å². The molecular formula is C15H18BrN3. The van der Waals surface area contributed by atoms with Gasteiger partial charge in [-0.15, -0.1) is 0 Å². The Hall–Kier alpha value is -1.39. The summed E-state index contributed by atoms with van der Waals surface area (Å²) in [5.41, 5.74) is 2.47. The number of halogens is 1. The predicted octanol–water partition coefficient (Wildman–Crippen LogP) is 3.99. The van der Waals surface area contributed by atoms with Gasteiger partial charge in [0.05, 0.1) is 6.20 Å². The highest BCUT2D eigenvalue weighted by Crippen LogP contribution is 2.19. The van der Waals surface area contributed by atoms with Crippen LogP contribution in [0.4, 0.5) is 0 Å². The van der Waals surface area contributed by atoms with Crippen molar-refractivity contribution in [1.29, 1.82) is 0 Å². The number of benzene rings is 1. The molecule has 1 aromatic carbocycles. The van der Waals surface area contributed by atoms with E-state index in [4.69, 9.17) is 0 Å². The molecule has 1 N–H and O–H groups in total. The lowest BCUT2D eigenvalue weighted by atomic mass is 10.0. The van der Waals surface area contributed by atoms with Crippen molar-refractivity contribution in [2.45, 2.75) is 25.9 Å². The lowest BCUT2D eigenvalue weighted by molar-refractivity contribution is 0.519. The van der Waals surface area contributed by atoms with Crippen LogP contribution in [0, 0.1) is 0 Å². The molecule has 0 aliphatic carbocycles. The Balaban J connectivity index is 1.99. The average molecular weight is 320 g/mol. The van der Waals surface area contributed by atoms with Crippen LogP contribution in [0.25, 0.3) is 6.20 Å². The van der Waals surface area contributed by atoms with Crippen molar-refractivity contribution in [3.05, 3.63) is 58.8 Å². The van der Waals surface area contributed by atoms with Gasteiger partial charge in [-0.05, 0) is 24.1 Å². The molecule has 0 spiro atoms. The molecule has 0 bridgehead atoms. The fraction of sp³-hybridized carbons (Fsp3) is 0.267. The Morgan fingerprint density at radius 1 is 1.42 bits per heavy atom. The molecule has 2 rings (SSSR count). The summed E-state index contributed by atoms with van der Waals surface area (Å²) in [4.78, 5) is 0. The van der Waals surface area contributed by atoms with E-state index in [9.17, 15) is 0 Å². The minimum absolute atomic E-state index is 0.361. The molecule has 3 nitrogen and oxygen atoms in total. The maximum absolute atomic E-state index is 4.18. The van der Waals surface area contributed by atoms with Gasteiger partial charge in [0.25, 0.3) is 0 Å². The van der Waals surface area contributed by atoms with Crippen LogP contribution in [-0.4, -0.2) is 9.78 Å². The van der Waals surface area contributed by atoms with Gasteiger partial charge in [-0.3, -0.25) is 0 Å². The van der Waals surface area contributed by atoms with E-state index in [0.29, 0.717) is 6.04 Å². The molecule has 1 unspecified atom stereocenters. The first-order chi connectivity index (χ1) is 9.22. The molecule has 2 aromatic rings. The third-order valence-corrected chi connectivity index (χ3v) is 3.60. The summed E-state index contributed by atoms with van der Waals surface area (Å²) >= 11 is 3.46. The molecule has 0 aliphatic rings. The highest BCUT2D eigenvalue weighted by atomic mass is 79.9. The van der Waals surface area contributed by atoms with Crippen LogP contribution >= 0.6 is 15.9 Å². The highest BCUT2D eigenvalue weighted by Gasteiger charge is 2.08. The van der Waals surface area contributed by atoms with Gasteiger partial charge in [-0.2, -0.15) is 5.10 Å². The van der Waals surface area contributed by atoms with Crippen LogP contribution < -0.4 is 5.32 Å². The van der Waals surface area contributed by atoms with Gasteiger partial charge in [0.2, 0.25) is 0 Å². The van der Waals surface area contributed by atoms with Gasteiger partial charge in [-0.25, -0.2) is 4.68 Å². The molecule has 4 heteroatoms. The summed E-state index contributed by atoms with van der Waals surface area (Å²) in [6, 6.07) is 8.82. The van der Waals surface area contributed by atoms with Crippen molar-refractivity contribution < 1.29 is 0 Å². The summed E-state index contributed by atoms with van der Waals surface area (Å²) in [5.74, 6) is 0. The number of aromatic nitrogens is 2. The Morgan fingerprint density at radius 2 is 2.16 bits per heavy atom. The number of nitrogens with zero attached hydrogens (tertiary/aromatic N) is 2. The molecule has 19 heavy (non-hydrogen) atoms. The topological polar surface area (TPSA) is 29.9 Å². The summed E-state index contributed by atoms with van der Waals surface area (Å²) in [6.07, 6.45) is 6.59. The Labute approximate surface area is 122 Å². The second-order valence-corrected chi connectivity index (χ2v) is 5.32. The highest BCUT2D eigenvalue weighted by molar-refractivity contribution is 9.10. The van der Waals surface area contributed by atoms with E-state index in [0.717, 1.165) is 23.0 Å². The van der Waals surface area contributed by atoms with Gasteiger partial charge >= 0.3 is 0 Å². The van der Waals surface area contributed by atoms with E-state index in [1.165, 1.54) is 5.56 Å². The van der Waals surface area contributed by atoms with Crippen molar-refractivity contribution in [1.82, 2.24) is 15.1 Å². The van der Waals surface area contributed by atoms with Crippen LogP contribution in [0.2, 0.25) is 0 Å². The average Bonchev–Trinajstić information content (AvgIpc) is 2.89. The number of rotatable bonds is 6.